The maximum Gasteiger partial charge on any atom is 0.164 e. The second kappa shape index (κ2) is 14.5. The van der Waals surface area contributed by atoms with Gasteiger partial charge in [0.2, 0.25) is 0 Å². The van der Waals surface area contributed by atoms with Crippen molar-refractivity contribution in [2.45, 2.75) is 0 Å². The molecule has 0 aliphatic heterocycles. The van der Waals surface area contributed by atoms with E-state index in [9.17, 15) is 0 Å². The predicted octanol–water partition coefficient (Wildman–Crippen LogP) is 16.2. The van der Waals surface area contributed by atoms with Crippen molar-refractivity contribution in [2.24, 2.45) is 0 Å². The van der Waals surface area contributed by atoms with Crippen LogP contribution < -0.4 is 0 Å². The van der Waals surface area contributed by atoms with E-state index in [4.69, 9.17) is 15.0 Å². The Hall–Kier alpha value is -8.53. The van der Waals surface area contributed by atoms with Gasteiger partial charge in [0, 0.05) is 16.7 Å². The molecule has 0 atom stereocenters. The van der Waals surface area contributed by atoms with E-state index in [1.165, 1.54) is 70.2 Å². The van der Waals surface area contributed by atoms with Crippen LogP contribution in [0.15, 0.2) is 224 Å². The zero-order valence-electron chi connectivity index (χ0n) is 34.7. The highest BCUT2D eigenvalue weighted by atomic mass is 15.0. The molecule has 12 aromatic carbocycles. The van der Waals surface area contributed by atoms with Crippen LogP contribution in [0.4, 0.5) is 0 Å². The Bertz CT molecular complexity index is 3930. The normalized spacial score (nSPS) is 11.8. The van der Waals surface area contributed by atoms with Crippen molar-refractivity contribution < 1.29 is 0 Å². The molecule has 0 saturated heterocycles. The lowest BCUT2D eigenvalue weighted by Crippen LogP contribution is -2.01. The highest BCUT2D eigenvalue weighted by Gasteiger charge is 2.19. The van der Waals surface area contributed by atoms with Crippen molar-refractivity contribution in [3.63, 3.8) is 0 Å². The third-order valence-electron chi connectivity index (χ3n) is 13.0. The number of rotatable bonds is 6. The van der Waals surface area contributed by atoms with Gasteiger partial charge in [-0.2, -0.15) is 0 Å². The summed E-state index contributed by atoms with van der Waals surface area (Å²) in [5.74, 6) is 1.90. The van der Waals surface area contributed by atoms with Crippen LogP contribution in [0, 0.1) is 0 Å². The molecule has 0 saturated carbocycles. The molecular formula is C61H37N3. The standard InChI is InChI=1S/C61H37N3/c1-3-13-38(14-4-1)45-20-9-21-47(35-45)60-62-59(44-15-5-2-6-16-44)63-61(64-60)53-23-8-7-22-49(53)40-29-27-39(28-30-40)48-36-46-34-33-43-18-11-25-51-50-24-10-17-41-31-32-42-19-12-26-52(57(42)55(41)50)54(37-48)58(46)56(43)51/h1-37H. The number of nitrogens with zero attached hydrogens (tertiary/aromatic N) is 3. The van der Waals surface area contributed by atoms with Crippen molar-refractivity contribution in [3.8, 4) is 67.5 Å². The van der Waals surface area contributed by atoms with Gasteiger partial charge in [-0.25, -0.2) is 15.0 Å². The first-order chi connectivity index (χ1) is 31.7. The Balaban J connectivity index is 0.964. The van der Waals surface area contributed by atoms with Crippen molar-refractivity contribution in [3.05, 3.63) is 224 Å². The van der Waals surface area contributed by atoms with Gasteiger partial charge >= 0.3 is 0 Å². The third kappa shape index (κ3) is 5.86. The monoisotopic (exact) mass is 811 g/mol. The Morgan fingerprint density at radius 2 is 0.641 bits per heavy atom. The lowest BCUT2D eigenvalue weighted by molar-refractivity contribution is 1.07. The lowest BCUT2D eigenvalue weighted by Gasteiger charge is -2.17. The van der Waals surface area contributed by atoms with Crippen molar-refractivity contribution in [1.29, 1.82) is 0 Å². The van der Waals surface area contributed by atoms with E-state index < -0.39 is 0 Å². The number of benzene rings is 11. The average molecular weight is 812 g/mol. The Kier molecular flexibility index (Phi) is 8.22. The van der Waals surface area contributed by atoms with E-state index >= 15 is 0 Å². The fourth-order valence-corrected chi connectivity index (χ4v) is 10.0. The summed E-state index contributed by atoms with van der Waals surface area (Å²) in [6.07, 6.45) is 0. The van der Waals surface area contributed by atoms with Crippen molar-refractivity contribution in [1.82, 2.24) is 15.0 Å². The van der Waals surface area contributed by atoms with Crippen molar-refractivity contribution in [2.75, 3.05) is 0 Å². The van der Waals surface area contributed by atoms with Crippen molar-refractivity contribution >= 4 is 64.6 Å². The summed E-state index contributed by atoms with van der Waals surface area (Å²) in [4.78, 5) is 15.4. The van der Waals surface area contributed by atoms with Crippen LogP contribution in [0.5, 0.6) is 0 Å². The third-order valence-corrected chi connectivity index (χ3v) is 13.0. The molecule has 0 radical (unpaired) electrons. The van der Waals surface area contributed by atoms with E-state index in [0.29, 0.717) is 17.5 Å². The molecule has 0 spiro atoms. The zero-order chi connectivity index (χ0) is 42.1. The molecule has 0 aliphatic carbocycles. The quantitative estimate of drug-likeness (QED) is 0.157. The first kappa shape index (κ1) is 36.2. The summed E-state index contributed by atoms with van der Waals surface area (Å²) in [6.45, 7) is 0. The summed E-state index contributed by atoms with van der Waals surface area (Å²) in [6, 6.07) is 80.7. The highest BCUT2D eigenvalue weighted by Crippen LogP contribution is 2.45. The molecule has 0 amide bonds. The Morgan fingerprint density at radius 1 is 0.203 bits per heavy atom. The smallest absolute Gasteiger partial charge is 0.164 e. The van der Waals surface area contributed by atoms with Crippen LogP contribution in [-0.2, 0) is 0 Å². The van der Waals surface area contributed by atoms with E-state index in [1.807, 2.05) is 24.3 Å². The van der Waals surface area contributed by atoms with E-state index in [2.05, 4.69) is 200 Å². The second-order valence-electron chi connectivity index (χ2n) is 16.7. The van der Waals surface area contributed by atoms with E-state index in [-0.39, 0.29) is 0 Å². The predicted molar refractivity (Wildman–Crippen MR) is 269 cm³/mol. The number of fused-ring (bicyclic) bond motifs is 2. The van der Waals surface area contributed by atoms with Crippen LogP contribution >= 0.6 is 0 Å². The maximum atomic E-state index is 5.20. The summed E-state index contributed by atoms with van der Waals surface area (Å²) in [5, 5.41) is 15.4. The molecule has 0 N–H and O–H groups in total. The van der Waals surface area contributed by atoms with Gasteiger partial charge in [0.05, 0.1) is 0 Å². The molecule has 0 aliphatic rings. The molecule has 13 rings (SSSR count). The Labute approximate surface area is 370 Å². The molecule has 296 valence electrons. The fraction of sp³-hybridized carbons (Fsp3) is 0. The minimum absolute atomic E-state index is 0.631. The SMILES string of the molecule is c1ccc(-c2cccc(-c3nc(-c4ccccc4)nc(-c4ccccc4-c4ccc(-c5cc6ccc7cccc8c9cccc%10ccc%11cccc(c(c5)c6c78)c%11c%109)cc4)n3)c2)cc1. The molecule has 0 unspecified atom stereocenters. The van der Waals surface area contributed by atoms with E-state index in [1.54, 1.807) is 0 Å². The van der Waals surface area contributed by atoms with Crippen LogP contribution in [0.25, 0.3) is 132 Å². The lowest BCUT2D eigenvalue weighted by atomic mass is 9.86. The molecule has 13 aromatic rings. The molecule has 0 bridgehead atoms. The minimum Gasteiger partial charge on any atom is -0.208 e. The summed E-state index contributed by atoms with van der Waals surface area (Å²) in [5.41, 5.74) is 9.58. The first-order valence-electron chi connectivity index (χ1n) is 21.8. The van der Waals surface area contributed by atoms with Gasteiger partial charge < -0.3 is 0 Å². The molecule has 64 heavy (non-hydrogen) atoms. The molecule has 1 aromatic heterocycles. The van der Waals surface area contributed by atoms with E-state index in [0.717, 1.165) is 44.5 Å². The van der Waals surface area contributed by atoms with Crippen LogP contribution in [0.1, 0.15) is 0 Å². The Morgan fingerprint density at radius 3 is 1.28 bits per heavy atom. The van der Waals surface area contributed by atoms with Gasteiger partial charge in [-0.05, 0) is 116 Å². The summed E-state index contributed by atoms with van der Waals surface area (Å²) >= 11 is 0. The summed E-state index contributed by atoms with van der Waals surface area (Å²) < 4.78 is 0. The zero-order valence-corrected chi connectivity index (χ0v) is 34.7. The number of aromatic nitrogens is 3. The highest BCUT2D eigenvalue weighted by molar-refractivity contribution is 6.37. The van der Waals surface area contributed by atoms with Crippen LogP contribution in [0.3, 0.4) is 0 Å². The van der Waals surface area contributed by atoms with Gasteiger partial charge in [-0.15, -0.1) is 0 Å². The topological polar surface area (TPSA) is 38.7 Å². The van der Waals surface area contributed by atoms with Gasteiger partial charge in [0.1, 0.15) is 0 Å². The summed E-state index contributed by atoms with van der Waals surface area (Å²) in [7, 11) is 0. The van der Waals surface area contributed by atoms with Gasteiger partial charge in [0.15, 0.2) is 17.5 Å². The molecular weight excluding hydrogens is 775 g/mol. The minimum atomic E-state index is 0.631. The number of hydrogen-bond acceptors (Lipinski definition) is 3. The maximum absolute atomic E-state index is 5.20. The van der Waals surface area contributed by atoms with Gasteiger partial charge in [-0.1, -0.05) is 206 Å². The van der Waals surface area contributed by atoms with Gasteiger partial charge in [-0.3, -0.25) is 0 Å². The van der Waals surface area contributed by atoms with Gasteiger partial charge in [0.25, 0.3) is 0 Å². The average Bonchev–Trinajstić information content (AvgIpc) is 3.37. The number of hydrogen-bond donors (Lipinski definition) is 0. The molecule has 1 heterocycles. The molecule has 3 nitrogen and oxygen atoms in total. The largest absolute Gasteiger partial charge is 0.208 e. The molecule has 0 fully saturated rings. The molecule has 3 heteroatoms. The fourth-order valence-electron chi connectivity index (χ4n) is 10.0. The van der Waals surface area contributed by atoms with Crippen LogP contribution in [0.2, 0.25) is 0 Å². The second-order valence-corrected chi connectivity index (χ2v) is 16.7. The van der Waals surface area contributed by atoms with Crippen LogP contribution in [-0.4, -0.2) is 15.0 Å². The first-order valence-corrected chi connectivity index (χ1v) is 21.8.